The Labute approximate surface area is 193 Å². The SMILES string of the molecule is CC(=O)N[C@H]1C[C@H]2[C@@H](CC[C@]3(C)[C@@H]([C@H](C)CCCC(C)C)CC[C@@H]23)[C@@]2(C)CCCC[C@H]12. The number of carbonyl (C=O) groups is 1. The van der Waals surface area contributed by atoms with Gasteiger partial charge in [0, 0.05) is 13.0 Å². The molecule has 2 heteroatoms. The van der Waals surface area contributed by atoms with Crippen molar-refractivity contribution in [3.05, 3.63) is 0 Å². The molecule has 9 atom stereocenters. The monoisotopic (exact) mass is 429 g/mol. The highest BCUT2D eigenvalue weighted by atomic mass is 16.1. The summed E-state index contributed by atoms with van der Waals surface area (Å²) in [4.78, 5) is 12.1. The highest BCUT2D eigenvalue weighted by molar-refractivity contribution is 5.73. The zero-order valence-corrected chi connectivity index (χ0v) is 21.5. The van der Waals surface area contributed by atoms with Crippen molar-refractivity contribution in [2.75, 3.05) is 0 Å². The molecule has 0 spiro atoms. The number of fused-ring (bicyclic) bond motifs is 5. The Morgan fingerprint density at radius 1 is 0.903 bits per heavy atom. The standard InChI is InChI=1S/C29H51NO/c1-19(2)10-9-11-20(3)23-13-14-24-22-18-27(30-21(4)31)26-12-7-8-16-28(26,5)25(22)15-17-29(23,24)6/h19-20,22-27H,7-18H2,1-6H3,(H,30,31)/t20-,22-,23-,24+,25-,26-,27+,28-,29-/m1/s1. The Hall–Kier alpha value is -0.530. The average molecular weight is 430 g/mol. The van der Waals surface area contributed by atoms with Crippen molar-refractivity contribution < 1.29 is 4.79 Å². The molecule has 0 heterocycles. The molecule has 0 aliphatic heterocycles. The van der Waals surface area contributed by atoms with Gasteiger partial charge in [0.25, 0.3) is 0 Å². The summed E-state index contributed by atoms with van der Waals surface area (Å²) in [6.45, 7) is 14.4. The first-order chi connectivity index (χ1) is 14.7. The fraction of sp³-hybridized carbons (Fsp3) is 0.966. The van der Waals surface area contributed by atoms with E-state index in [1.165, 1.54) is 77.0 Å². The highest BCUT2D eigenvalue weighted by Gasteiger charge is 2.61. The van der Waals surface area contributed by atoms with Gasteiger partial charge in [0.05, 0.1) is 0 Å². The van der Waals surface area contributed by atoms with Crippen molar-refractivity contribution >= 4 is 5.91 Å². The summed E-state index contributed by atoms with van der Waals surface area (Å²) in [6, 6.07) is 0.425. The van der Waals surface area contributed by atoms with Crippen molar-refractivity contribution in [1.29, 1.82) is 0 Å². The van der Waals surface area contributed by atoms with Crippen LogP contribution in [0.15, 0.2) is 0 Å². The molecule has 4 aliphatic carbocycles. The molecule has 0 aromatic carbocycles. The van der Waals surface area contributed by atoms with E-state index in [0.29, 0.717) is 22.8 Å². The highest BCUT2D eigenvalue weighted by Crippen LogP contribution is 2.68. The lowest BCUT2D eigenvalue weighted by molar-refractivity contribution is -0.136. The predicted octanol–water partition coefficient (Wildman–Crippen LogP) is 7.61. The smallest absolute Gasteiger partial charge is 0.217 e. The van der Waals surface area contributed by atoms with Crippen LogP contribution >= 0.6 is 0 Å². The molecule has 1 amide bonds. The number of carbonyl (C=O) groups excluding carboxylic acids is 1. The second-order valence-corrected chi connectivity index (χ2v) is 13.3. The van der Waals surface area contributed by atoms with E-state index < -0.39 is 0 Å². The van der Waals surface area contributed by atoms with E-state index in [1.54, 1.807) is 6.92 Å². The second kappa shape index (κ2) is 9.02. The summed E-state index contributed by atoms with van der Waals surface area (Å²) in [7, 11) is 0. The Morgan fingerprint density at radius 2 is 1.65 bits per heavy atom. The Morgan fingerprint density at radius 3 is 2.35 bits per heavy atom. The molecule has 178 valence electrons. The van der Waals surface area contributed by atoms with Crippen LogP contribution in [0.1, 0.15) is 119 Å². The zero-order valence-electron chi connectivity index (χ0n) is 21.5. The molecule has 0 saturated heterocycles. The van der Waals surface area contributed by atoms with Crippen molar-refractivity contribution in [3.63, 3.8) is 0 Å². The van der Waals surface area contributed by atoms with Gasteiger partial charge in [-0.15, -0.1) is 0 Å². The number of hydrogen-bond donors (Lipinski definition) is 1. The molecule has 0 radical (unpaired) electrons. The van der Waals surface area contributed by atoms with Crippen LogP contribution in [-0.2, 0) is 4.79 Å². The summed E-state index contributed by atoms with van der Waals surface area (Å²) in [6.07, 6.45) is 16.8. The van der Waals surface area contributed by atoms with Crippen LogP contribution in [0.3, 0.4) is 0 Å². The molecule has 2 nitrogen and oxygen atoms in total. The topological polar surface area (TPSA) is 29.1 Å². The van der Waals surface area contributed by atoms with E-state index >= 15 is 0 Å². The number of rotatable bonds is 6. The third-order valence-corrected chi connectivity index (χ3v) is 11.2. The first-order valence-corrected chi connectivity index (χ1v) is 13.9. The molecule has 1 N–H and O–H groups in total. The summed E-state index contributed by atoms with van der Waals surface area (Å²) in [5.41, 5.74) is 0.994. The molecule has 0 bridgehead atoms. The molecular weight excluding hydrogens is 378 g/mol. The Bertz CT molecular complexity index is 643. The van der Waals surface area contributed by atoms with Gasteiger partial charge < -0.3 is 5.32 Å². The molecule has 4 saturated carbocycles. The summed E-state index contributed by atoms with van der Waals surface area (Å²) in [5.74, 6) is 6.16. The van der Waals surface area contributed by atoms with E-state index in [2.05, 4.69) is 39.9 Å². The maximum absolute atomic E-state index is 12.1. The van der Waals surface area contributed by atoms with E-state index in [1.807, 2.05) is 0 Å². The van der Waals surface area contributed by atoms with Gasteiger partial charge in [-0.2, -0.15) is 0 Å². The minimum atomic E-state index is 0.193. The van der Waals surface area contributed by atoms with Gasteiger partial charge in [0.15, 0.2) is 0 Å². The second-order valence-electron chi connectivity index (χ2n) is 13.3. The maximum atomic E-state index is 12.1. The number of amides is 1. The van der Waals surface area contributed by atoms with E-state index in [-0.39, 0.29) is 5.91 Å². The molecule has 4 rings (SSSR count). The van der Waals surface area contributed by atoms with Gasteiger partial charge in [-0.3, -0.25) is 4.79 Å². The van der Waals surface area contributed by atoms with Crippen molar-refractivity contribution in [1.82, 2.24) is 5.32 Å². The predicted molar refractivity (Wildman–Crippen MR) is 131 cm³/mol. The fourth-order valence-corrected chi connectivity index (χ4v) is 9.84. The van der Waals surface area contributed by atoms with Gasteiger partial charge in [-0.05, 0) is 97.2 Å². The van der Waals surface area contributed by atoms with Crippen LogP contribution < -0.4 is 5.32 Å². The molecule has 4 fully saturated rings. The molecule has 0 unspecified atom stereocenters. The number of hydrogen-bond acceptors (Lipinski definition) is 1. The van der Waals surface area contributed by atoms with Crippen LogP contribution in [0, 0.1) is 52.3 Å². The molecule has 4 aliphatic rings. The van der Waals surface area contributed by atoms with Gasteiger partial charge >= 0.3 is 0 Å². The van der Waals surface area contributed by atoms with Crippen LogP contribution in [0.2, 0.25) is 0 Å². The quantitative estimate of drug-likeness (QED) is 0.462. The van der Waals surface area contributed by atoms with E-state index in [4.69, 9.17) is 0 Å². The first-order valence-electron chi connectivity index (χ1n) is 13.9. The lowest BCUT2D eigenvalue weighted by Gasteiger charge is -2.62. The summed E-state index contributed by atoms with van der Waals surface area (Å²) < 4.78 is 0. The van der Waals surface area contributed by atoms with Gasteiger partial charge in [0.1, 0.15) is 0 Å². The lowest BCUT2D eigenvalue weighted by atomic mass is 9.43. The molecule has 0 aromatic rings. The van der Waals surface area contributed by atoms with E-state index in [0.717, 1.165) is 35.5 Å². The van der Waals surface area contributed by atoms with Crippen LogP contribution in [0.5, 0.6) is 0 Å². The Balaban J connectivity index is 1.54. The van der Waals surface area contributed by atoms with E-state index in [9.17, 15) is 4.79 Å². The van der Waals surface area contributed by atoms with Crippen LogP contribution in [-0.4, -0.2) is 11.9 Å². The third kappa shape index (κ3) is 4.23. The van der Waals surface area contributed by atoms with Gasteiger partial charge in [0.2, 0.25) is 5.91 Å². The zero-order chi connectivity index (χ0) is 22.4. The van der Waals surface area contributed by atoms with Crippen molar-refractivity contribution in [2.45, 2.75) is 125 Å². The lowest BCUT2D eigenvalue weighted by Crippen LogP contribution is -2.60. The minimum absolute atomic E-state index is 0.193. The minimum Gasteiger partial charge on any atom is -0.353 e. The summed E-state index contributed by atoms with van der Waals surface area (Å²) in [5, 5.41) is 3.47. The third-order valence-electron chi connectivity index (χ3n) is 11.2. The fourth-order valence-electron chi connectivity index (χ4n) is 9.84. The molecular formula is C29H51NO. The average Bonchev–Trinajstić information content (AvgIpc) is 3.04. The summed E-state index contributed by atoms with van der Waals surface area (Å²) >= 11 is 0. The molecule has 31 heavy (non-hydrogen) atoms. The van der Waals surface area contributed by atoms with Crippen LogP contribution in [0.25, 0.3) is 0 Å². The first kappa shape index (κ1) is 23.6. The molecule has 0 aromatic heterocycles. The normalized spacial score (nSPS) is 45.5. The van der Waals surface area contributed by atoms with Crippen LogP contribution in [0.4, 0.5) is 0 Å². The Kier molecular flexibility index (Phi) is 6.87. The van der Waals surface area contributed by atoms with Crippen molar-refractivity contribution in [2.24, 2.45) is 52.3 Å². The number of nitrogens with one attached hydrogen (secondary N) is 1. The van der Waals surface area contributed by atoms with Crippen molar-refractivity contribution in [3.8, 4) is 0 Å². The largest absolute Gasteiger partial charge is 0.353 e. The van der Waals surface area contributed by atoms with Gasteiger partial charge in [-0.25, -0.2) is 0 Å². The van der Waals surface area contributed by atoms with Gasteiger partial charge in [-0.1, -0.05) is 66.7 Å². The maximum Gasteiger partial charge on any atom is 0.217 e.